The van der Waals surface area contributed by atoms with E-state index in [4.69, 9.17) is 10.5 Å². The summed E-state index contributed by atoms with van der Waals surface area (Å²) in [4.78, 5) is 24.0. The number of benzene rings is 1. The molecular weight excluding hydrogens is 318 g/mol. The monoisotopic (exact) mass is 349 g/mol. The highest BCUT2D eigenvalue weighted by molar-refractivity contribution is 5.79. The Hall–Kier alpha value is -2.08. The normalized spacial score (nSPS) is 12.4. The summed E-state index contributed by atoms with van der Waals surface area (Å²) in [6.07, 6.45) is 1.70. The third-order valence-corrected chi connectivity index (χ3v) is 4.41. The minimum Gasteiger partial charge on any atom is -0.494 e. The fraction of sp³-hybridized carbons (Fsp3) is 0.579. The van der Waals surface area contributed by atoms with E-state index in [1.54, 1.807) is 0 Å². The van der Waals surface area contributed by atoms with Gasteiger partial charge in [-0.25, -0.2) is 0 Å². The zero-order valence-corrected chi connectivity index (χ0v) is 15.7. The quantitative estimate of drug-likeness (QED) is 0.604. The van der Waals surface area contributed by atoms with Crippen molar-refractivity contribution in [2.45, 2.75) is 58.5 Å². The first-order chi connectivity index (χ1) is 11.8. The van der Waals surface area contributed by atoms with Gasteiger partial charge in [0.25, 0.3) is 0 Å². The Balaban J connectivity index is 2.87. The molecule has 6 heteroatoms. The maximum atomic E-state index is 12.4. The molecule has 0 aliphatic heterocycles. The summed E-state index contributed by atoms with van der Waals surface area (Å²) in [6, 6.07) is 6.99. The third kappa shape index (κ3) is 6.74. The van der Waals surface area contributed by atoms with Crippen LogP contribution in [0.4, 0.5) is 0 Å². The van der Waals surface area contributed by atoms with E-state index < -0.39 is 11.6 Å². The van der Waals surface area contributed by atoms with Crippen LogP contribution >= 0.6 is 0 Å². The predicted octanol–water partition coefficient (Wildman–Crippen LogP) is 2.29. The Morgan fingerprint density at radius 2 is 1.84 bits per heavy atom. The van der Waals surface area contributed by atoms with Crippen LogP contribution in [-0.4, -0.2) is 30.5 Å². The standard InChI is InChI=1S/C19H31N3O3/c1-5-19(20,6-2)13-21-18(24)12-16(22-14(4)23)15-10-8-9-11-17(15)25-7-3/h8-11,16H,5-7,12-13,20H2,1-4H3,(H,21,24)(H,22,23). The first kappa shape index (κ1) is 21.0. The number of para-hydroxylation sites is 1. The van der Waals surface area contributed by atoms with Crippen molar-refractivity contribution in [3.63, 3.8) is 0 Å². The van der Waals surface area contributed by atoms with Crippen LogP contribution < -0.4 is 21.1 Å². The zero-order valence-electron chi connectivity index (χ0n) is 15.7. The van der Waals surface area contributed by atoms with Crippen molar-refractivity contribution < 1.29 is 14.3 Å². The van der Waals surface area contributed by atoms with Gasteiger partial charge in [0.05, 0.1) is 19.1 Å². The van der Waals surface area contributed by atoms with E-state index in [2.05, 4.69) is 10.6 Å². The van der Waals surface area contributed by atoms with E-state index in [0.29, 0.717) is 18.9 Å². The van der Waals surface area contributed by atoms with Crippen LogP contribution in [0.2, 0.25) is 0 Å². The molecule has 0 bridgehead atoms. The molecule has 0 saturated carbocycles. The Morgan fingerprint density at radius 1 is 1.20 bits per heavy atom. The molecule has 0 aliphatic rings. The van der Waals surface area contributed by atoms with E-state index in [1.807, 2.05) is 45.0 Å². The van der Waals surface area contributed by atoms with Crippen molar-refractivity contribution in [1.29, 1.82) is 0 Å². The maximum Gasteiger partial charge on any atom is 0.222 e. The Bertz CT molecular complexity index is 571. The Morgan fingerprint density at radius 3 is 2.40 bits per heavy atom. The van der Waals surface area contributed by atoms with Gasteiger partial charge < -0.3 is 21.1 Å². The lowest BCUT2D eigenvalue weighted by Crippen LogP contribution is -2.49. The van der Waals surface area contributed by atoms with Crippen LogP contribution in [-0.2, 0) is 9.59 Å². The summed E-state index contributed by atoms with van der Waals surface area (Å²) in [5.74, 6) is 0.327. The Kier molecular flexibility index (Phi) is 8.41. The summed E-state index contributed by atoms with van der Waals surface area (Å²) in [5.41, 5.74) is 6.62. The van der Waals surface area contributed by atoms with E-state index in [-0.39, 0.29) is 18.2 Å². The maximum absolute atomic E-state index is 12.4. The summed E-state index contributed by atoms with van der Waals surface area (Å²) in [7, 11) is 0. The van der Waals surface area contributed by atoms with Gasteiger partial charge in [0.1, 0.15) is 5.75 Å². The molecule has 0 fully saturated rings. The molecule has 0 saturated heterocycles. The number of ether oxygens (including phenoxy) is 1. The van der Waals surface area contributed by atoms with Gasteiger partial charge in [0.2, 0.25) is 11.8 Å². The minimum atomic E-state index is -0.448. The molecule has 1 aromatic carbocycles. The van der Waals surface area contributed by atoms with Crippen LogP contribution in [0.15, 0.2) is 24.3 Å². The average Bonchev–Trinajstić information content (AvgIpc) is 2.59. The lowest BCUT2D eigenvalue weighted by molar-refractivity contribution is -0.123. The van der Waals surface area contributed by atoms with E-state index >= 15 is 0 Å². The molecule has 25 heavy (non-hydrogen) atoms. The van der Waals surface area contributed by atoms with Crippen molar-refractivity contribution in [3.05, 3.63) is 29.8 Å². The highest BCUT2D eigenvalue weighted by atomic mass is 16.5. The molecule has 6 nitrogen and oxygen atoms in total. The predicted molar refractivity (Wildman–Crippen MR) is 99.3 cm³/mol. The molecule has 1 unspecified atom stereocenters. The molecular formula is C19H31N3O3. The average molecular weight is 349 g/mol. The SMILES string of the molecule is CCOc1ccccc1C(CC(=O)NCC(N)(CC)CC)NC(C)=O. The largest absolute Gasteiger partial charge is 0.494 e. The number of nitrogens with one attached hydrogen (secondary N) is 2. The van der Waals surface area contributed by atoms with Gasteiger partial charge in [-0.05, 0) is 25.8 Å². The van der Waals surface area contributed by atoms with Gasteiger partial charge in [0, 0.05) is 24.6 Å². The van der Waals surface area contributed by atoms with Crippen LogP contribution in [0.1, 0.15) is 58.6 Å². The van der Waals surface area contributed by atoms with Crippen LogP contribution in [0.3, 0.4) is 0 Å². The Labute approximate surface area is 150 Å². The number of hydrogen-bond donors (Lipinski definition) is 3. The topological polar surface area (TPSA) is 93.4 Å². The summed E-state index contributed by atoms with van der Waals surface area (Å²) >= 11 is 0. The fourth-order valence-electron chi connectivity index (χ4n) is 2.57. The molecule has 1 atom stereocenters. The van der Waals surface area contributed by atoms with Crippen LogP contribution in [0, 0.1) is 0 Å². The highest BCUT2D eigenvalue weighted by Gasteiger charge is 2.24. The smallest absolute Gasteiger partial charge is 0.222 e. The zero-order chi connectivity index (χ0) is 18.9. The third-order valence-electron chi connectivity index (χ3n) is 4.41. The summed E-state index contributed by atoms with van der Waals surface area (Å²) < 4.78 is 5.63. The van der Waals surface area contributed by atoms with Gasteiger partial charge in [-0.15, -0.1) is 0 Å². The summed E-state index contributed by atoms with van der Waals surface area (Å²) in [5, 5.41) is 5.73. The number of hydrogen-bond acceptors (Lipinski definition) is 4. The number of carbonyl (C=O) groups excluding carboxylic acids is 2. The van der Waals surface area contributed by atoms with Gasteiger partial charge in [0.15, 0.2) is 0 Å². The van der Waals surface area contributed by atoms with Crippen molar-refractivity contribution in [3.8, 4) is 5.75 Å². The molecule has 0 heterocycles. The molecule has 4 N–H and O–H groups in total. The lowest BCUT2D eigenvalue weighted by Gasteiger charge is -2.27. The lowest BCUT2D eigenvalue weighted by atomic mass is 9.94. The highest BCUT2D eigenvalue weighted by Crippen LogP contribution is 2.27. The molecule has 1 aromatic rings. The molecule has 140 valence electrons. The second-order valence-corrected chi connectivity index (χ2v) is 6.27. The van der Waals surface area contributed by atoms with Crippen LogP contribution in [0.25, 0.3) is 0 Å². The second-order valence-electron chi connectivity index (χ2n) is 6.27. The number of amides is 2. The van der Waals surface area contributed by atoms with Crippen molar-refractivity contribution in [2.24, 2.45) is 5.73 Å². The first-order valence-electron chi connectivity index (χ1n) is 8.89. The van der Waals surface area contributed by atoms with Gasteiger partial charge >= 0.3 is 0 Å². The molecule has 0 radical (unpaired) electrons. The van der Waals surface area contributed by atoms with Gasteiger partial charge in [-0.2, -0.15) is 0 Å². The van der Waals surface area contributed by atoms with Crippen molar-refractivity contribution >= 4 is 11.8 Å². The number of rotatable bonds is 10. The van der Waals surface area contributed by atoms with Crippen LogP contribution in [0.5, 0.6) is 5.75 Å². The first-order valence-corrected chi connectivity index (χ1v) is 8.89. The van der Waals surface area contributed by atoms with Gasteiger partial charge in [-0.3, -0.25) is 9.59 Å². The molecule has 0 aromatic heterocycles. The molecule has 1 rings (SSSR count). The van der Waals surface area contributed by atoms with Crippen molar-refractivity contribution in [1.82, 2.24) is 10.6 Å². The minimum absolute atomic E-state index is 0.132. The summed E-state index contributed by atoms with van der Waals surface area (Å²) in [6.45, 7) is 8.28. The molecule has 0 spiro atoms. The number of carbonyl (C=O) groups is 2. The van der Waals surface area contributed by atoms with Gasteiger partial charge in [-0.1, -0.05) is 32.0 Å². The molecule has 2 amide bonds. The molecule has 0 aliphatic carbocycles. The second kappa shape index (κ2) is 10.0. The van der Waals surface area contributed by atoms with E-state index in [0.717, 1.165) is 18.4 Å². The fourth-order valence-corrected chi connectivity index (χ4v) is 2.57. The van der Waals surface area contributed by atoms with Crippen molar-refractivity contribution in [2.75, 3.05) is 13.2 Å². The van der Waals surface area contributed by atoms with E-state index in [9.17, 15) is 9.59 Å². The van der Waals surface area contributed by atoms with E-state index in [1.165, 1.54) is 6.92 Å². The number of nitrogens with two attached hydrogens (primary N) is 1.